The van der Waals surface area contributed by atoms with Gasteiger partial charge in [-0.05, 0) is 38.3 Å². The van der Waals surface area contributed by atoms with Gasteiger partial charge in [0, 0.05) is 48.9 Å². The van der Waals surface area contributed by atoms with Crippen LogP contribution in [0.25, 0.3) is 10.8 Å². The maximum atomic E-state index is 14.3. The summed E-state index contributed by atoms with van der Waals surface area (Å²) in [6, 6.07) is 11.4. The van der Waals surface area contributed by atoms with Gasteiger partial charge >= 0.3 is 5.97 Å². The monoisotopic (exact) mass is 631 g/mol. The number of carbonyl (C=O) groups is 2. The molecule has 1 atom stereocenters. The Labute approximate surface area is 274 Å². The fourth-order valence-corrected chi connectivity index (χ4v) is 6.52. The first-order valence-corrected chi connectivity index (χ1v) is 17.4. The number of nitrogens with two attached hydrogens (primary N) is 1. The third-order valence-corrected chi connectivity index (χ3v) is 9.17. The summed E-state index contributed by atoms with van der Waals surface area (Å²) in [6.07, 6.45) is 21.6. The average molecular weight is 632 g/mol. The molecule has 1 aromatic carbocycles. The van der Waals surface area contributed by atoms with E-state index in [2.05, 4.69) is 22.0 Å². The van der Waals surface area contributed by atoms with Crippen LogP contribution < -0.4 is 21.1 Å². The molecular weight excluding hydrogens is 578 g/mol. The van der Waals surface area contributed by atoms with Crippen molar-refractivity contribution in [1.82, 2.24) is 9.55 Å². The summed E-state index contributed by atoms with van der Waals surface area (Å²) >= 11 is 0. The maximum Gasteiger partial charge on any atom is 0.325 e. The number of piperidine rings is 1. The lowest BCUT2D eigenvalue weighted by Crippen LogP contribution is -2.45. The van der Waals surface area contributed by atoms with Crippen LogP contribution in [0.15, 0.2) is 59.8 Å². The Morgan fingerprint density at radius 1 is 0.913 bits per heavy atom. The lowest BCUT2D eigenvalue weighted by Gasteiger charge is -2.36. The number of amides is 1. The number of aromatic nitrogens is 2. The Hall–Kier alpha value is -3.72. The molecule has 0 spiro atoms. The first kappa shape index (κ1) is 35.1. The molecule has 0 unspecified atom stereocenters. The fraction of sp³-hybridized carbons (Fsp3) is 0.568. The van der Waals surface area contributed by atoms with Gasteiger partial charge in [0.25, 0.3) is 5.56 Å². The molecule has 1 aliphatic heterocycles. The number of ether oxygens (including phenoxy) is 1. The van der Waals surface area contributed by atoms with Crippen LogP contribution in [0.4, 0.5) is 11.4 Å². The van der Waals surface area contributed by atoms with Crippen LogP contribution in [0.5, 0.6) is 0 Å². The molecule has 1 saturated heterocycles. The number of hydrogen-bond acceptors (Lipinski definition) is 7. The largest absolute Gasteiger partial charge is 0.468 e. The van der Waals surface area contributed by atoms with Gasteiger partial charge in [-0.25, -0.2) is 0 Å². The number of anilines is 2. The third kappa shape index (κ3) is 10.4. The first-order valence-electron chi connectivity index (χ1n) is 17.4. The molecule has 9 nitrogen and oxygen atoms in total. The highest BCUT2D eigenvalue weighted by molar-refractivity contribution is 5.96. The molecule has 3 heterocycles. The van der Waals surface area contributed by atoms with Gasteiger partial charge in [-0.3, -0.25) is 19.4 Å². The second-order valence-electron chi connectivity index (χ2n) is 12.6. The molecule has 0 bridgehead atoms. The van der Waals surface area contributed by atoms with Crippen molar-refractivity contribution in [3.05, 3.63) is 65.3 Å². The number of fused-ring (bicyclic) bond motifs is 1. The van der Waals surface area contributed by atoms with E-state index in [0.29, 0.717) is 18.8 Å². The van der Waals surface area contributed by atoms with Crippen LogP contribution in [0, 0.1) is 5.92 Å². The minimum atomic E-state index is -0.504. The molecule has 4 rings (SSSR count). The molecule has 1 aliphatic rings. The van der Waals surface area contributed by atoms with Gasteiger partial charge in [-0.1, -0.05) is 88.5 Å². The van der Waals surface area contributed by atoms with E-state index < -0.39 is 5.97 Å². The van der Waals surface area contributed by atoms with Crippen molar-refractivity contribution < 1.29 is 14.3 Å². The number of rotatable bonds is 19. The summed E-state index contributed by atoms with van der Waals surface area (Å²) in [5.74, 6) is -0.632. The molecule has 9 heteroatoms. The highest BCUT2D eigenvalue weighted by atomic mass is 16.5. The molecule has 1 amide bonds. The Bertz CT molecular complexity index is 1440. The van der Waals surface area contributed by atoms with Crippen LogP contribution in [0.2, 0.25) is 0 Å². The Morgan fingerprint density at radius 2 is 1.59 bits per heavy atom. The molecule has 0 saturated carbocycles. The molecule has 46 heavy (non-hydrogen) atoms. The average Bonchev–Trinajstić information content (AvgIpc) is 3.09. The number of benzene rings is 1. The second-order valence-corrected chi connectivity index (χ2v) is 12.6. The van der Waals surface area contributed by atoms with E-state index in [0.717, 1.165) is 68.1 Å². The fourth-order valence-electron chi connectivity index (χ4n) is 6.52. The maximum absolute atomic E-state index is 14.3. The molecule has 250 valence electrons. The Kier molecular flexibility index (Phi) is 14.6. The summed E-state index contributed by atoms with van der Waals surface area (Å²) in [7, 11) is 1.30. The number of esters is 1. The summed E-state index contributed by atoms with van der Waals surface area (Å²) in [6.45, 7) is 2.67. The van der Waals surface area contributed by atoms with Gasteiger partial charge in [0.15, 0.2) is 0 Å². The third-order valence-electron chi connectivity index (χ3n) is 9.17. The van der Waals surface area contributed by atoms with Gasteiger partial charge in [0.05, 0.1) is 30.6 Å². The van der Waals surface area contributed by atoms with Gasteiger partial charge in [0.2, 0.25) is 5.91 Å². The SMILES string of the molecule is COC(=O)Cn1cc(N(CCCCCCCCCCCCCCN)C(=O)[C@H]2CCCN(c3cncc4ccccc34)C2)ccc1=O. The predicted octanol–water partition coefficient (Wildman–Crippen LogP) is 6.46. The highest BCUT2D eigenvalue weighted by Crippen LogP contribution is 2.31. The number of nitrogens with zero attached hydrogens (tertiary/aromatic N) is 4. The summed E-state index contributed by atoms with van der Waals surface area (Å²) in [4.78, 5) is 47.4. The van der Waals surface area contributed by atoms with E-state index in [4.69, 9.17) is 10.5 Å². The smallest absolute Gasteiger partial charge is 0.325 e. The zero-order valence-electron chi connectivity index (χ0n) is 27.7. The second kappa shape index (κ2) is 19.1. The number of methoxy groups -OCH3 is 1. The molecule has 0 aliphatic carbocycles. The standard InChI is InChI=1S/C37H53N5O4/c1-46-36(44)29-41-28-32(20-21-35(41)43)42(24-15-11-9-7-5-3-2-4-6-8-10-14-22-38)37(45)31-18-16-23-40(27-31)34-26-39-25-30-17-12-13-19-33(30)34/h12-13,17,19-21,25-26,28,31H,2-11,14-16,18,22-24,27,29,38H2,1H3/t31-/m0/s1. The van der Waals surface area contributed by atoms with Crippen LogP contribution in [-0.2, 0) is 20.9 Å². The highest BCUT2D eigenvalue weighted by Gasteiger charge is 2.31. The number of unbranched alkanes of at least 4 members (excludes halogenated alkanes) is 11. The van der Waals surface area contributed by atoms with Crippen molar-refractivity contribution in [2.45, 2.75) is 96.4 Å². The Morgan fingerprint density at radius 3 is 2.28 bits per heavy atom. The summed E-state index contributed by atoms with van der Waals surface area (Å²) in [5.41, 5.74) is 6.97. The molecule has 2 aromatic heterocycles. The van der Waals surface area contributed by atoms with Crippen molar-refractivity contribution >= 4 is 34.0 Å². The predicted molar refractivity (Wildman–Crippen MR) is 186 cm³/mol. The van der Waals surface area contributed by atoms with E-state index in [9.17, 15) is 14.4 Å². The molecule has 1 fully saturated rings. The van der Waals surface area contributed by atoms with Crippen molar-refractivity contribution in [2.24, 2.45) is 11.7 Å². The minimum absolute atomic E-state index is 0.0626. The van der Waals surface area contributed by atoms with E-state index in [1.165, 1.54) is 69.1 Å². The zero-order valence-corrected chi connectivity index (χ0v) is 27.7. The molecular formula is C37H53N5O4. The van der Waals surface area contributed by atoms with E-state index in [-0.39, 0.29) is 23.9 Å². The van der Waals surface area contributed by atoms with Gasteiger partial charge in [-0.2, -0.15) is 0 Å². The van der Waals surface area contributed by atoms with E-state index >= 15 is 0 Å². The van der Waals surface area contributed by atoms with Crippen molar-refractivity contribution in [3.8, 4) is 0 Å². The van der Waals surface area contributed by atoms with Crippen LogP contribution in [0.1, 0.15) is 89.9 Å². The molecule has 2 N–H and O–H groups in total. The number of pyridine rings is 2. The quantitative estimate of drug-likeness (QED) is 0.119. The van der Waals surface area contributed by atoms with Gasteiger partial charge in [0.1, 0.15) is 6.54 Å². The number of hydrogen-bond donors (Lipinski definition) is 1. The minimum Gasteiger partial charge on any atom is -0.468 e. The summed E-state index contributed by atoms with van der Waals surface area (Å²) < 4.78 is 6.12. The van der Waals surface area contributed by atoms with Crippen LogP contribution >= 0.6 is 0 Å². The van der Waals surface area contributed by atoms with Crippen molar-refractivity contribution in [1.29, 1.82) is 0 Å². The molecule has 3 aromatic rings. The lowest BCUT2D eigenvalue weighted by atomic mass is 9.95. The van der Waals surface area contributed by atoms with Crippen molar-refractivity contribution in [2.75, 3.05) is 43.1 Å². The normalized spacial score (nSPS) is 14.8. The van der Waals surface area contributed by atoms with E-state index in [1.807, 2.05) is 29.4 Å². The number of carbonyl (C=O) groups excluding carboxylic acids is 2. The van der Waals surface area contributed by atoms with Crippen LogP contribution in [0.3, 0.4) is 0 Å². The van der Waals surface area contributed by atoms with Gasteiger partial charge < -0.3 is 24.8 Å². The first-order chi connectivity index (χ1) is 22.5. The summed E-state index contributed by atoms with van der Waals surface area (Å²) in [5, 5.41) is 2.22. The van der Waals surface area contributed by atoms with E-state index in [1.54, 1.807) is 12.3 Å². The van der Waals surface area contributed by atoms with Crippen molar-refractivity contribution in [3.63, 3.8) is 0 Å². The topological polar surface area (TPSA) is 111 Å². The Balaban J connectivity index is 1.38. The zero-order chi connectivity index (χ0) is 32.6. The molecule has 0 radical (unpaired) electrons. The van der Waals surface area contributed by atoms with Gasteiger partial charge in [-0.15, -0.1) is 0 Å². The lowest BCUT2D eigenvalue weighted by molar-refractivity contribution is -0.141. The van der Waals surface area contributed by atoms with Crippen LogP contribution in [-0.4, -0.2) is 54.7 Å².